The van der Waals surface area contributed by atoms with Crippen molar-refractivity contribution in [3.8, 4) is 11.4 Å². The fourth-order valence-corrected chi connectivity index (χ4v) is 4.98. The van der Waals surface area contributed by atoms with E-state index in [9.17, 15) is 9.59 Å². The average molecular weight is 511 g/mol. The van der Waals surface area contributed by atoms with Crippen molar-refractivity contribution in [2.24, 2.45) is 0 Å². The van der Waals surface area contributed by atoms with Crippen molar-refractivity contribution in [1.29, 1.82) is 0 Å². The number of carbonyl (C=O) groups is 2. The molecule has 0 radical (unpaired) electrons. The second-order valence-electron chi connectivity index (χ2n) is 6.49. The molecule has 7 nitrogen and oxygen atoms in total. The van der Waals surface area contributed by atoms with Crippen LogP contribution in [0.15, 0.2) is 42.1 Å². The first kappa shape index (κ1) is 24.3. The van der Waals surface area contributed by atoms with Gasteiger partial charge in [0.25, 0.3) is 0 Å². The summed E-state index contributed by atoms with van der Waals surface area (Å²) in [6, 6.07) is 6.83. The highest BCUT2D eigenvalue weighted by molar-refractivity contribution is 7.99. The number of halogens is 2. The molecule has 0 atom stereocenters. The lowest BCUT2D eigenvalue weighted by Gasteiger charge is -2.09. The summed E-state index contributed by atoms with van der Waals surface area (Å²) in [5.74, 6) is -0.118. The Labute approximate surface area is 203 Å². The van der Waals surface area contributed by atoms with Crippen molar-refractivity contribution in [2.75, 3.05) is 17.7 Å². The molecule has 168 valence electrons. The number of nitrogens with one attached hydrogen (secondary N) is 1. The van der Waals surface area contributed by atoms with Gasteiger partial charge in [0.2, 0.25) is 5.91 Å². The zero-order chi connectivity index (χ0) is 23.3. The van der Waals surface area contributed by atoms with Gasteiger partial charge in [-0.15, -0.1) is 28.1 Å². The Morgan fingerprint density at radius 3 is 2.78 bits per heavy atom. The van der Waals surface area contributed by atoms with E-state index in [1.165, 1.54) is 23.1 Å². The first-order chi connectivity index (χ1) is 15.3. The molecule has 1 amide bonds. The number of amides is 1. The molecule has 0 aliphatic rings. The van der Waals surface area contributed by atoms with Crippen LogP contribution in [0.4, 0.5) is 5.00 Å². The molecule has 0 unspecified atom stereocenters. The van der Waals surface area contributed by atoms with Crippen LogP contribution in [0.25, 0.3) is 11.4 Å². The summed E-state index contributed by atoms with van der Waals surface area (Å²) >= 11 is 14.9. The second kappa shape index (κ2) is 11.0. The Hall–Kier alpha value is -2.33. The zero-order valence-corrected chi connectivity index (χ0v) is 20.5. The van der Waals surface area contributed by atoms with Crippen molar-refractivity contribution < 1.29 is 14.3 Å². The lowest BCUT2D eigenvalue weighted by molar-refractivity contribution is -0.113. The van der Waals surface area contributed by atoms with Crippen molar-refractivity contribution in [1.82, 2.24) is 14.8 Å². The Bertz CT molecular complexity index is 1160. The summed E-state index contributed by atoms with van der Waals surface area (Å²) in [7, 11) is 0. The van der Waals surface area contributed by atoms with Crippen LogP contribution in [-0.4, -0.2) is 39.0 Å². The molecule has 0 saturated carbocycles. The van der Waals surface area contributed by atoms with Gasteiger partial charge in [-0.3, -0.25) is 9.36 Å². The quantitative estimate of drug-likeness (QED) is 0.225. The molecule has 32 heavy (non-hydrogen) atoms. The molecule has 2 heterocycles. The van der Waals surface area contributed by atoms with Crippen LogP contribution in [0.5, 0.6) is 0 Å². The maximum Gasteiger partial charge on any atom is 0.341 e. The highest BCUT2D eigenvalue weighted by Crippen LogP contribution is 2.32. The molecule has 1 aromatic carbocycles. The minimum atomic E-state index is -0.463. The summed E-state index contributed by atoms with van der Waals surface area (Å²) in [6.45, 7) is 8.07. The fraction of sp³-hybridized carbons (Fsp3) is 0.238. The number of hydrogen-bond acceptors (Lipinski definition) is 7. The highest BCUT2D eigenvalue weighted by atomic mass is 35.5. The van der Waals surface area contributed by atoms with Crippen LogP contribution in [0.2, 0.25) is 10.0 Å². The summed E-state index contributed by atoms with van der Waals surface area (Å²) in [5, 5.41) is 13.2. The van der Waals surface area contributed by atoms with E-state index in [1.54, 1.807) is 37.3 Å². The molecule has 0 aliphatic heterocycles. The van der Waals surface area contributed by atoms with E-state index in [2.05, 4.69) is 22.1 Å². The van der Waals surface area contributed by atoms with Gasteiger partial charge in [-0.05, 0) is 38.1 Å². The topological polar surface area (TPSA) is 86.1 Å². The number of allylic oxidation sites excluding steroid dienone is 1. The monoisotopic (exact) mass is 510 g/mol. The van der Waals surface area contributed by atoms with Gasteiger partial charge in [-0.25, -0.2) is 4.79 Å². The number of hydrogen-bond donors (Lipinski definition) is 1. The Morgan fingerprint density at radius 2 is 2.09 bits per heavy atom. The van der Waals surface area contributed by atoms with Crippen LogP contribution in [0, 0.1) is 6.92 Å². The van der Waals surface area contributed by atoms with E-state index in [4.69, 9.17) is 27.9 Å². The molecule has 0 fully saturated rings. The van der Waals surface area contributed by atoms with Gasteiger partial charge in [0.15, 0.2) is 11.0 Å². The third-order valence-corrected chi connectivity index (χ3v) is 6.62. The molecule has 3 rings (SSSR count). The van der Waals surface area contributed by atoms with E-state index >= 15 is 0 Å². The van der Waals surface area contributed by atoms with Crippen molar-refractivity contribution in [2.45, 2.75) is 25.5 Å². The molecule has 2 aromatic heterocycles. The molecule has 0 saturated heterocycles. The van der Waals surface area contributed by atoms with Crippen molar-refractivity contribution in [3.05, 3.63) is 57.4 Å². The summed E-state index contributed by atoms with van der Waals surface area (Å²) in [6.07, 6.45) is 1.71. The van der Waals surface area contributed by atoms with Gasteiger partial charge in [0, 0.05) is 22.0 Å². The zero-order valence-electron chi connectivity index (χ0n) is 17.4. The van der Waals surface area contributed by atoms with Crippen LogP contribution in [0.1, 0.15) is 22.2 Å². The minimum Gasteiger partial charge on any atom is -0.462 e. The number of aryl methyl sites for hydroxylation is 1. The number of esters is 1. The lowest BCUT2D eigenvalue weighted by atomic mass is 10.2. The van der Waals surface area contributed by atoms with E-state index in [0.717, 1.165) is 4.88 Å². The molecule has 11 heteroatoms. The maximum atomic E-state index is 12.6. The first-order valence-corrected chi connectivity index (χ1v) is 12.1. The number of thiophene rings is 1. The number of carbonyl (C=O) groups excluding carboxylic acids is 2. The SMILES string of the molecule is C=CCn1c(SCC(=O)Nc2sc(C)cc2C(=O)OCC)nnc1-c1ccc(Cl)cc1Cl. The Kier molecular flexibility index (Phi) is 8.36. The number of rotatable bonds is 9. The molecular weight excluding hydrogens is 491 g/mol. The van der Waals surface area contributed by atoms with Crippen LogP contribution >= 0.6 is 46.3 Å². The highest BCUT2D eigenvalue weighted by Gasteiger charge is 2.20. The van der Waals surface area contributed by atoms with E-state index < -0.39 is 5.97 Å². The number of ether oxygens (including phenoxy) is 1. The summed E-state index contributed by atoms with van der Waals surface area (Å²) in [5.41, 5.74) is 1.03. The van der Waals surface area contributed by atoms with E-state index in [1.807, 2.05) is 11.5 Å². The Balaban J connectivity index is 1.75. The smallest absolute Gasteiger partial charge is 0.341 e. The van der Waals surface area contributed by atoms with Gasteiger partial charge in [-0.2, -0.15) is 0 Å². The van der Waals surface area contributed by atoms with Gasteiger partial charge in [0.1, 0.15) is 5.00 Å². The summed E-state index contributed by atoms with van der Waals surface area (Å²) < 4.78 is 6.88. The van der Waals surface area contributed by atoms with Crippen molar-refractivity contribution >= 4 is 63.2 Å². The number of anilines is 1. The molecule has 0 aliphatic carbocycles. The van der Waals surface area contributed by atoms with Gasteiger partial charge < -0.3 is 10.1 Å². The molecule has 1 N–H and O–H groups in total. The maximum absolute atomic E-state index is 12.6. The second-order valence-corrected chi connectivity index (χ2v) is 9.53. The Morgan fingerprint density at radius 1 is 1.31 bits per heavy atom. The fourth-order valence-electron chi connectivity index (χ4n) is 2.82. The predicted octanol–water partition coefficient (Wildman–Crippen LogP) is 5.72. The molecular formula is C21H20Cl2N4O3S2. The van der Waals surface area contributed by atoms with Crippen molar-refractivity contribution in [3.63, 3.8) is 0 Å². The van der Waals surface area contributed by atoms with E-state index in [-0.39, 0.29) is 18.3 Å². The largest absolute Gasteiger partial charge is 0.462 e. The van der Waals surface area contributed by atoms with Gasteiger partial charge in [0.05, 0.1) is 22.9 Å². The minimum absolute atomic E-state index is 0.0723. The van der Waals surface area contributed by atoms with E-state index in [0.29, 0.717) is 43.7 Å². The van der Waals surface area contributed by atoms with Crippen LogP contribution < -0.4 is 5.32 Å². The normalized spacial score (nSPS) is 10.8. The number of aromatic nitrogens is 3. The molecule has 3 aromatic rings. The molecule has 0 bridgehead atoms. The first-order valence-electron chi connectivity index (χ1n) is 9.53. The lowest BCUT2D eigenvalue weighted by Crippen LogP contribution is -2.16. The average Bonchev–Trinajstić information content (AvgIpc) is 3.30. The number of benzene rings is 1. The van der Waals surface area contributed by atoms with Crippen LogP contribution in [0.3, 0.4) is 0 Å². The van der Waals surface area contributed by atoms with Crippen LogP contribution in [-0.2, 0) is 16.1 Å². The predicted molar refractivity (Wildman–Crippen MR) is 130 cm³/mol. The third kappa shape index (κ3) is 5.72. The standard InChI is InChI=1S/C21H20Cl2N4O3S2/c1-4-8-27-18(14-7-6-13(22)10-16(14)23)25-26-21(27)31-11-17(28)24-19-15(9-12(3)32-19)20(29)30-5-2/h4,6-7,9-10H,1,5,8,11H2,2-3H3,(H,24,28). The van der Waals surface area contributed by atoms with Gasteiger partial charge in [-0.1, -0.05) is 41.0 Å². The molecule has 0 spiro atoms. The number of nitrogens with zero attached hydrogens (tertiary/aromatic N) is 3. The number of thioether (sulfide) groups is 1. The van der Waals surface area contributed by atoms with Gasteiger partial charge >= 0.3 is 5.97 Å². The summed E-state index contributed by atoms with van der Waals surface area (Å²) in [4.78, 5) is 25.6. The third-order valence-electron chi connectivity index (χ3n) is 4.14.